The Balaban J connectivity index is 1.59. The summed E-state index contributed by atoms with van der Waals surface area (Å²) in [6, 6.07) is 0.767. The largest absolute Gasteiger partial charge is 0.330 e. The van der Waals surface area contributed by atoms with Crippen molar-refractivity contribution in [2.75, 3.05) is 6.54 Å². The van der Waals surface area contributed by atoms with E-state index in [1.165, 1.54) is 49.1 Å². The standard InChI is InChI=1S/C14H21N3/c1-11(8-15-12-6-7-12)9-17-10-16-13-4-2-3-5-14(13)17/h10,12,15H,1-9H2. The number of nitrogens with one attached hydrogen (secondary N) is 1. The van der Waals surface area contributed by atoms with Crippen LogP contribution in [-0.2, 0) is 19.4 Å². The number of nitrogens with zero attached hydrogens (tertiary/aromatic N) is 2. The number of aromatic nitrogens is 2. The summed E-state index contributed by atoms with van der Waals surface area (Å²) in [5.74, 6) is 0. The van der Waals surface area contributed by atoms with Crippen molar-refractivity contribution in [2.24, 2.45) is 0 Å². The molecule has 3 nitrogen and oxygen atoms in total. The zero-order valence-corrected chi connectivity index (χ0v) is 10.4. The first kappa shape index (κ1) is 11.0. The molecule has 0 saturated heterocycles. The molecule has 0 unspecified atom stereocenters. The summed E-state index contributed by atoms with van der Waals surface area (Å²) in [6.07, 6.45) is 9.65. The summed E-state index contributed by atoms with van der Waals surface area (Å²) in [5, 5.41) is 3.52. The summed E-state index contributed by atoms with van der Waals surface area (Å²) in [7, 11) is 0. The third-order valence-electron chi connectivity index (χ3n) is 3.72. The fourth-order valence-electron chi connectivity index (χ4n) is 2.54. The van der Waals surface area contributed by atoms with Gasteiger partial charge in [-0.3, -0.25) is 0 Å². The second kappa shape index (κ2) is 4.65. The van der Waals surface area contributed by atoms with Crippen LogP contribution in [0.15, 0.2) is 18.5 Å². The molecule has 3 rings (SSSR count). The molecular formula is C14H21N3. The number of rotatable bonds is 5. The summed E-state index contributed by atoms with van der Waals surface area (Å²) in [5.41, 5.74) is 4.03. The molecule has 1 fully saturated rings. The number of imidazole rings is 1. The van der Waals surface area contributed by atoms with Crippen LogP contribution in [0.2, 0.25) is 0 Å². The van der Waals surface area contributed by atoms with Gasteiger partial charge in [-0.1, -0.05) is 6.58 Å². The van der Waals surface area contributed by atoms with Crippen molar-refractivity contribution in [1.82, 2.24) is 14.9 Å². The number of hydrogen-bond acceptors (Lipinski definition) is 2. The SMILES string of the molecule is C=C(CNC1CC1)Cn1cnc2c1CCCC2. The Hall–Kier alpha value is -1.09. The van der Waals surface area contributed by atoms with Gasteiger partial charge in [0.05, 0.1) is 12.0 Å². The van der Waals surface area contributed by atoms with E-state index in [1.54, 1.807) is 0 Å². The minimum absolute atomic E-state index is 0.767. The van der Waals surface area contributed by atoms with E-state index in [2.05, 4.69) is 21.4 Å². The summed E-state index contributed by atoms with van der Waals surface area (Å²) >= 11 is 0. The quantitative estimate of drug-likeness (QED) is 0.786. The zero-order valence-electron chi connectivity index (χ0n) is 10.4. The molecule has 2 aliphatic rings. The Kier molecular flexibility index (Phi) is 3.02. The highest BCUT2D eigenvalue weighted by Gasteiger charge is 2.20. The molecule has 0 aliphatic heterocycles. The van der Waals surface area contributed by atoms with Gasteiger partial charge in [0.1, 0.15) is 0 Å². The maximum absolute atomic E-state index is 4.52. The molecule has 0 atom stereocenters. The molecule has 0 bridgehead atoms. The second-order valence-electron chi connectivity index (χ2n) is 5.38. The third kappa shape index (κ3) is 2.60. The van der Waals surface area contributed by atoms with Crippen molar-refractivity contribution >= 4 is 0 Å². The Morgan fingerprint density at radius 1 is 1.41 bits per heavy atom. The maximum Gasteiger partial charge on any atom is 0.0954 e. The Morgan fingerprint density at radius 3 is 3.06 bits per heavy atom. The van der Waals surface area contributed by atoms with Crippen LogP contribution in [0.5, 0.6) is 0 Å². The number of aryl methyl sites for hydroxylation is 1. The fourth-order valence-corrected chi connectivity index (χ4v) is 2.54. The molecule has 0 spiro atoms. The van der Waals surface area contributed by atoms with E-state index >= 15 is 0 Å². The Bertz CT molecular complexity index is 415. The lowest BCUT2D eigenvalue weighted by Crippen LogP contribution is -2.21. The van der Waals surface area contributed by atoms with Crippen LogP contribution >= 0.6 is 0 Å². The lowest BCUT2D eigenvalue weighted by atomic mass is 10.0. The third-order valence-corrected chi connectivity index (χ3v) is 3.72. The monoisotopic (exact) mass is 231 g/mol. The lowest BCUT2D eigenvalue weighted by Gasteiger charge is -2.15. The smallest absolute Gasteiger partial charge is 0.0954 e. The second-order valence-corrected chi connectivity index (χ2v) is 5.38. The highest BCUT2D eigenvalue weighted by atomic mass is 15.1. The van der Waals surface area contributed by atoms with E-state index in [9.17, 15) is 0 Å². The molecule has 1 heterocycles. The van der Waals surface area contributed by atoms with E-state index in [-0.39, 0.29) is 0 Å². The van der Waals surface area contributed by atoms with Crippen molar-refractivity contribution in [2.45, 2.75) is 51.1 Å². The molecule has 2 aliphatic carbocycles. The van der Waals surface area contributed by atoms with E-state index in [1.807, 2.05) is 6.33 Å². The van der Waals surface area contributed by atoms with Crippen LogP contribution in [0.25, 0.3) is 0 Å². The Labute approximate surface area is 103 Å². The van der Waals surface area contributed by atoms with Gasteiger partial charge in [-0.05, 0) is 44.1 Å². The van der Waals surface area contributed by atoms with Crippen LogP contribution < -0.4 is 5.32 Å². The van der Waals surface area contributed by atoms with Gasteiger partial charge in [-0.15, -0.1) is 0 Å². The van der Waals surface area contributed by atoms with Gasteiger partial charge in [-0.2, -0.15) is 0 Å². The molecular weight excluding hydrogens is 210 g/mol. The molecule has 1 saturated carbocycles. The average molecular weight is 231 g/mol. The predicted octanol–water partition coefficient (Wildman–Crippen LogP) is 2.07. The fraction of sp³-hybridized carbons (Fsp3) is 0.643. The first-order valence-electron chi connectivity index (χ1n) is 6.76. The van der Waals surface area contributed by atoms with Crippen molar-refractivity contribution in [3.8, 4) is 0 Å². The first-order valence-corrected chi connectivity index (χ1v) is 6.76. The molecule has 3 heteroatoms. The van der Waals surface area contributed by atoms with Crippen molar-refractivity contribution in [3.05, 3.63) is 29.9 Å². The van der Waals surface area contributed by atoms with Crippen LogP contribution in [0.3, 0.4) is 0 Å². The summed E-state index contributed by atoms with van der Waals surface area (Å²) in [4.78, 5) is 4.52. The van der Waals surface area contributed by atoms with Gasteiger partial charge in [0.15, 0.2) is 0 Å². The molecule has 92 valence electrons. The van der Waals surface area contributed by atoms with E-state index in [0.29, 0.717) is 0 Å². The van der Waals surface area contributed by atoms with Crippen LogP contribution in [0.1, 0.15) is 37.1 Å². The van der Waals surface area contributed by atoms with Gasteiger partial charge < -0.3 is 9.88 Å². The van der Waals surface area contributed by atoms with Gasteiger partial charge >= 0.3 is 0 Å². The van der Waals surface area contributed by atoms with Gasteiger partial charge in [0.2, 0.25) is 0 Å². The lowest BCUT2D eigenvalue weighted by molar-refractivity contribution is 0.615. The number of hydrogen-bond donors (Lipinski definition) is 1. The maximum atomic E-state index is 4.52. The molecule has 1 aromatic rings. The van der Waals surface area contributed by atoms with Crippen LogP contribution in [0, 0.1) is 0 Å². The minimum atomic E-state index is 0.767. The molecule has 0 aromatic carbocycles. The first-order chi connectivity index (χ1) is 8.33. The van der Waals surface area contributed by atoms with Crippen molar-refractivity contribution < 1.29 is 0 Å². The highest BCUT2D eigenvalue weighted by Crippen LogP contribution is 2.21. The Morgan fingerprint density at radius 2 is 2.24 bits per heavy atom. The van der Waals surface area contributed by atoms with Crippen LogP contribution in [0.4, 0.5) is 0 Å². The van der Waals surface area contributed by atoms with Crippen LogP contribution in [-0.4, -0.2) is 22.1 Å². The van der Waals surface area contributed by atoms with Gasteiger partial charge in [-0.25, -0.2) is 4.98 Å². The molecule has 1 N–H and O–H groups in total. The molecule has 17 heavy (non-hydrogen) atoms. The predicted molar refractivity (Wildman–Crippen MR) is 69.0 cm³/mol. The summed E-state index contributed by atoms with van der Waals surface area (Å²) in [6.45, 7) is 6.06. The number of fused-ring (bicyclic) bond motifs is 1. The van der Waals surface area contributed by atoms with E-state index in [0.717, 1.165) is 25.6 Å². The summed E-state index contributed by atoms with van der Waals surface area (Å²) < 4.78 is 2.30. The van der Waals surface area contributed by atoms with E-state index in [4.69, 9.17) is 0 Å². The molecule has 0 radical (unpaired) electrons. The van der Waals surface area contributed by atoms with Crippen molar-refractivity contribution in [3.63, 3.8) is 0 Å². The van der Waals surface area contributed by atoms with E-state index < -0.39 is 0 Å². The zero-order chi connectivity index (χ0) is 11.7. The minimum Gasteiger partial charge on any atom is -0.330 e. The molecule has 0 amide bonds. The van der Waals surface area contributed by atoms with Gasteiger partial charge in [0, 0.05) is 24.8 Å². The van der Waals surface area contributed by atoms with Gasteiger partial charge in [0.25, 0.3) is 0 Å². The highest BCUT2D eigenvalue weighted by molar-refractivity contribution is 5.18. The average Bonchev–Trinajstić information content (AvgIpc) is 3.10. The molecule has 1 aromatic heterocycles. The van der Waals surface area contributed by atoms with Crippen molar-refractivity contribution in [1.29, 1.82) is 0 Å². The topological polar surface area (TPSA) is 29.9 Å². The normalized spacial score (nSPS) is 19.1.